The quantitative estimate of drug-likeness (QED) is 0.904. The van der Waals surface area contributed by atoms with E-state index >= 15 is 0 Å². The summed E-state index contributed by atoms with van der Waals surface area (Å²) in [5.41, 5.74) is 6.92. The van der Waals surface area contributed by atoms with Gasteiger partial charge in [0.05, 0.1) is 9.88 Å². The predicted molar refractivity (Wildman–Crippen MR) is 70.2 cm³/mol. The number of hydrogen-bond donors (Lipinski definition) is 1. The van der Waals surface area contributed by atoms with E-state index in [9.17, 15) is 0 Å². The van der Waals surface area contributed by atoms with Gasteiger partial charge in [0.25, 0.3) is 0 Å². The van der Waals surface area contributed by atoms with Crippen LogP contribution in [0.5, 0.6) is 5.75 Å². The van der Waals surface area contributed by atoms with Crippen molar-refractivity contribution in [3.05, 3.63) is 45.9 Å². The molecule has 90 valence electrons. The second kappa shape index (κ2) is 5.29. The first-order chi connectivity index (χ1) is 8.15. The van der Waals surface area contributed by atoms with Crippen molar-refractivity contribution in [3.8, 4) is 5.75 Å². The maximum atomic E-state index is 5.83. The number of ether oxygens (including phenoxy) is 1. The van der Waals surface area contributed by atoms with Crippen molar-refractivity contribution in [2.45, 2.75) is 26.5 Å². The van der Waals surface area contributed by atoms with Gasteiger partial charge in [0, 0.05) is 12.2 Å². The van der Waals surface area contributed by atoms with Gasteiger partial charge >= 0.3 is 0 Å². The summed E-state index contributed by atoms with van der Waals surface area (Å²) in [6.07, 6.45) is 1.86. The highest BCUT2D eigenvalue weighted by atomic mass is 32.1. The molecule has 2 aromatic rings. The Morgan fingerprint density at radius 1 is 1.47 bits per heavy atom. The molecule has 0 saturated heterocycles. The second-order valence-corrected chi connectivity index (χ2v) is 5.31. The van der Waals surface area contributed by atoms with Crippen molar-refractivity contribution in [1.29, 1.82) is 0 Å². The number of aryl methyl sites for hydroxylation is 1. The molecule has 17 heavy (non-hydrogen) atoms. The van der Waals surface area contributed by atoms with Crippen LogP contribution in [0, 0.1) is 6.92 Å². The van der Waals surface area contributed by atoms with Crippen LogP contribution in [0.1, 0.15) is 28.4 Å². The van der Waals surface area contributed by atoms with Gasteiger partial charge in [-0.2, -0.15) is 0 Å². The second-order valence-electron chi connectivity index (χ2n) is 4.00. The van der Waals surface area contributed by atoms with Crippen molar-refractivity contribution >= 4 is 11.3 Å². The zero-order valence-corrected chi connectivity index (χ0v) is 10.8. The van der Waals surface area contributed by atoms with E-state index in [0.717, 1.165) is 21.2 Å². The fourth-order valence-electron chi connectivity index (χ4n) is 1.51. The fraction of sp³-hybridized carbons (Fsp3) is 0.308. The summed E-state index contributed by atoms with van der Waals surface area (Å²) < 4.78 is 5.71. The van der Waals surface area contributed by atoms with E-state index in [2.05, 4.69) is 4.98 Å². The van der Waals surface area contributed by atoms with Crippen LogP contribution in [0.2, 0.25) is 0 Å². The minimum Gasteiger partial charge on any atom is -0.488 e. The number of hydrogen-bond acceptors (Lipinski definition) is 4. The van der Waals surface area contributed by atoms with E-state index in [1.165, 1.54) is 0 Å². The Kier molecular flexibility index (Phi) is 3.76. The fourth-order valence-corrected chi connectivity index (χ4v) is 2.22. The Balaban J connectivity index is 2.01. The summed E-state index contributed by atoms with van der Waals surface area (Å²) in [5.74, 6) is 0.853. The number of rotatable bonds is 4. The van der Waals surface area contributed by atoms with Gasteiger partial charge in [-0.25, -0.2) is 4.98 Å². The molecule has 0 aliphatic carbocycles. The monoisotopic (exact) mass is 248 g/mol. The van der Waals surface area contributed by atoms with Crippen molar-refractivity contribution in [1.82, 2.24) is 4.98 Å². The lowest BCUT2D eigenvalue weighted by atomic mass is 10.1. The molecule has 0 aliphatic rings. The van der Waals surface area contributed by atoms with Crippen LogP contribution >= 0.6 is 11.3 Å². The van der Waals surface area contributed by atoms with Crippen LogP contribution in [-0.2, 0) is 6.61 Å². The van der Waals surface area contributed by atoms with E-state index in [0.29, 0.717) is 6.61 Å². The molecule has 0 saturated carbocycles. The molecule has 0 amide bonds. The van der Waals surface area contributed by atoms with Gasteiger partial charge in [-0.1, -0.05) is 12.1 Å². The zero-order valence-electron chi connectivity index (χ0n) is 10.0. The molecule has 0 fully saturated rings. The summed E-state index contributed by atoms with van der Waals surface area (Å²) in [6.45, 7) is 4.52. The van der Waals surface area contributed by atoms with Crippen molar-refractivity contribution < 1.29 is 4.74 Å². The van der Waals surface area contributed by atoms with Gasteiger partial charge in [-0.05, 0) is 31.5 Å². The van der Waals surface area contributed by atoms with E-state index in [-0.39, 0.29) is 6.04 Å². The van der Waals surface area contributed by atoms with Crippen LogP contribution in [0.25, 0.3) is 0 Å². The smallest absolute Gasteiger partial charge is 0.124 e. The molecule has 0 bridgehead atoms. The Morgan fingerprint density at radius 2 is 2.29 bits per heavy atom. The highest BCUT2D eigenvalue weighted by Crippen LogP contribution is 2.20. The lowest BCUT2D eigenvalue weighted by Crippen LogP contribution is -2.05. The number of nitrogens with two attached hydrogens (primary N) is 1. The highest BCUT2D eigenvalue weighted by molar-refractivity contribution is 7.11. The van der Waals surface area contributed by atoms with E-state index in [1.54, 1.807) is 11.3 Å². The van der Waals surface area contributed by atoms with E-state index in [4.69, 9.17) is 10.5 Å². The van der Waals surface area contributed by atoms with Crippen molar-refractivity contribution in [2.75, 3.05) is 0 Å². The van der Waals surface area contributed by atoms with Crippen LogP contribution in [0.3, 0.4) is 0 Å². The topological polar surface area (TPSA) is 48.1 Å². The molecule has 0 spiro atoms. The summed E-state index contributed by atoms with van der Waals surface area (Å²) in [4.78, 5) is 5.33. The highest BCUT2D eigenvalue weighted by Gasteiger charge is 2.03. The normalized spacial score (nSPS) is 12.4. The zero-order chi connectivity index (χ0) is 12.3. The van der Waals surface area contributed by atoms with Crippen molar-refractivity contribution in [2.24, 2.45) is 5.73 Å². The minimum atomic E-state index is 0.0317. The minimum absolute atomic E-state index is 0.0317. The van der Waals surface area contributed by atoms with E-state index in [1.807, 2.05) is 44.3 Å². The van der Waals surface area contributed by atoms with Gasteiger partial charge in [-0.15, -0.1) is 11.3 Å². The molecule has 1 heterocycles. The summed E-state index contributed by atoms with van der Waals surface area (Å²) in [7, 11) is 0. The lowest BCUT2D eigenvalue weighted by molar-refractivity contribution is 0.309. The molecule has 4 heteroatoms. The third-order valence-electron chi connectivity index (χ3n) is 2.43. The molecule has 0 radical (unpaired) electrons. The SMILES string of the molecule is Cc1ncc(COc2cccc([C@H](C)N)c2)s1. The van der Waals surface area contributed by atoms with Gasteiger partial charge < -0.3 is 10.5 Å². The maximum Gasteiger partial charge on any atom is 0.124 e. The standard InChI is InChI=1S/C13H16N2OS/c1-9(14)11-4-3-5-12(6-11)16-8-13-7-15-10(2)17-13/h3-7,9H,8,14H2,1-2H3/t9-/m0/s1. The molecular formula is C13H16N2OS. The third kappa shape index (κ3) is 3.28. The summed E-state index contributed by atoms with van der Waals surface area (Å²) >= 11 is 1.66. The first-order valence-electron chi connectivity index (χ1n) is 5.55. The van der Waals surface area contributed by atoms with E-state index < -0.39 is 0 Å². The van der Waals surface area contributed by atoms with Crippen LogP contribution in [-0.4, -0.2) is 4.98 Å². The average Bonchev–Trinajstić information content (AvgIpc) is 2.73. The number of aromatic nitrogens is 1. The third-order valence-corrected chi connectivity index (χ3v) is 3.32. The molecule has 1 aromatic carbocycles. The summed E-state index contributed by atoms with van der Waals surface area (Å²) in [6, 6.07) is 7.93. The average molecular weight is 248 g/mol. The van der Waals surface area contributed by atoms with Crippen LogP contribution < -0.4 is 10.5 Å². The lowest BCUT2D eigenvalue weighted by Gasteiger charge is -2.09. The molecule has 1 aromatic heterocycles. The molecule has 1 atom stereocenters. The Hall–Kier alpha value is -1.39. The molecule has 0 aliphatic heterocycles. The number of benzene rings is 1. The molecule has 0 unspecified atom stereocenters. The molecule has 3 nitrogen and oxygen atoms in total. The van der Waals surface area contributed by atoms with Gasteiger partial charge in [0.2, 0.25) is 0 Å². The van der Waals surface area contributed by atoms with Crippen LogP contribution in [0.15, 0.2) is 30.5 Å². The first kappa shape index (κ1) is 12.1. The Bertz CT molecular complexity index is 494. The maximum absolute atomic E-state index is 5.83. The summed E-state index contributed by atoms with van der Waals surface area (Å²) in [5, 5.41) is 1.06. The van der Waals surface area contributed by atoms with Gasteiger partial charge in [0.15, 0.2) is 0 Å². The Morgan fingerprint density at radius 3 is 2.94 bits per heavy atom. The van der Waals surface area contributed by atoms with Gasteiger partial charge in [-0.3, -0.25) is 0 Å². The molecular weight excluding hydrogens is 232 g/mol. The predicted octanol–water partition coefficient (Wildman–Crippen LogP) is 3.05. The molecule has 2 N–H and O–H groups in total. The van der Waals surface area contributed by atoms with Crippen LogP contribution in [0.4, 0.5) is 0 Å². The number of nitrogens with zero attached hydrogens (tertiary/aromatic N) is 1. The molecule has 2 rings (SSSR count). The number of thiazole rings is 1. The first-order valence-corrected chi connectivity index (χ1v) is 6.36. The van der Waals surface area contributed by atoms with Gasteiger partial charge in [0.1, 0.15) is 12.4 Å². The van der Waals surface area contributed by atoms with Crippen molar-refractivity contribution in [3.63, 3.8) is 0 Å². The largest absolute Gasteiger partial charge is 0.488 e. The Labute approximate surface area is 105 Å².